The van der Waals surface area contributed by atoms with Gasteiger partial charge >= 0.3 is 0 Å². The van der Waals surface area contributed by atoms with E-state index in [0.717, 1.165) is 0 Å². The van der Waals surface area contributed by atoms with E-state index in [-0.39, 0.29) is 5.95 Å². The third kappa shape index (κ3) is 3.41. The third-order valence-electron chi connectivity index (χ3n) is 2.16. The lowest BCUT2D eigenvalue weighted by atomic mass is 10.1. The normalized spacial score (nSPS) is 11.4. The maximum atomic E-state index is 11.6. The number of hydrogen-bond acceptors (Lipinski definition) is 5. The Labute approximate surface area is 99.6 Å². The van der Waals surface area contributed by atoms with Gasteiger partial charge in [0.05, 0.1) is 13.2 Å². The summed E-state index contributed by atoms with van der Waals surface area (Å²) >= 11 is 0. The summed E-state index contributed by atoms with van der Waals surface area (Å²) in [5.74, 6) is -0.564. The number of carbonyl (C=O) groups excluding carboxylic acids is 1. The summed E-state index contributed by atoms with van der Waals surface area (Å²) in [7, 11) is 1.48. The first-order valence-corrected chi connectivity index (χ1v) is 5.20. The first kappa shape index (κ1) is 12.9. The van der Waals surface area contributed by atoms with Crippen LogP contribution in [0.5, 0.6) is 5.88 Å². The zero-order valence-corrected chi connectivity index (χ0v) is 10.0. The topological polar surface area (TPSA) is 87.9 Å². The van der Waals surface area contributed by atoms with Crippen molar-refractivity contribution in [1.29, 1.82) is 5.26 Å². The van der Waals surface area contributed by atoms with Crippen LogP contribution in [0.15, 0.2) is 6.07 Å². The van der Waals surface area contributed by atoms with Crippen molar-refractivity contribution >= 4 is 11.9 Å². The SMILES string of the molecule is CCC(C#N)C(=O)Nc1nc(C)cc(OC)n1. The minimum absolute atomic E-state index is 0.153. The second-order valence-electron chi connectivity index (χ2n) is 3.45. The van der Waals surface area contributed by atoms with Gasteiger partial charge in [-0.1, -0.05) is 6.92 Å². The molecule has 0 aliphatic carbocycles. The fraction of sp³-hybridized carbons (Fsp3) is 0.455. The molecule has 0 saturated carbocycles. The minimum Gasteiger partial charge on any atom is -0.481 e. The Balaban J connectivity index is 2.85. The molecule has 1 atom stereocenters. The number of ether oxygens (including phenoxy) is 1. The van der Waals surface area contributed by atoms with E-state index >= 15 is 0 Å². The van der Waals surface area contributed by atoms with E-state index in [1.54, 1.807) is 19.9 Å². The van der Waals surface area contributed by atoms with Crippen molar-refractivity contribution in [2.45, 2.75) is 20.3 Å². The van der Waals surface area contributed by atoms with Crippen LogP contribution in [0.3, 0.4) is 0 Å². The Morgan fingerprint density at radius 3 is 2.88 bits per heavy atom. The Morgan fingerprint density at radius 1 is 1.65 bits per heavy atom. The van der Waals surface area contributed by atoms with E-state index in [0.29, 0.717) is 18.0 Å². The highest BCUT2D eigenvalue weighted by Crippen LogP contribution is 2.12. The molecule has 0 aliphatic heterocycles. The largest absolute Gasteiger partial charge is 0.481 e. The van der Waals surface area contributed by atoms with Gasteiger partial charge in [0.2, 0.25) is 17.7 Å². The Kier molecular flexibility index (Phi) is 4.40. The molecule has 0 aromatic carbocycles. The van der Waals surface area contributed by atoms with Crippen LogP contribution in [-0.2, 0) is 4.79 Å². The summed E-state index contributed by atoms with van der Waals surface area (Å²) in [6.45, 7) is 3.53. The zero-order chi connectivity index (χ0) is 12.8. The predicted molar refractivity (Wildman–Crippen MR) is 61.3 cm³/mol. The fourth-order valence-electron chi connectivity index (χ4n) is 1.23. The molecule has 6 heteroatoms. The van der Waals surface area contributed by atoms with E-state index < -0.39 is 11.8 Å². The summed E-state index contributed by atoms with van der Waals surface area (Å²) in [5, 5.41) is 11.2. The molecular formula is C11H14N4O2. The lowest BCUT2D eigenvalue weighted by Crippen LogP contribution is -2.22. The number of nitrogens with zero attached hydrogens (tertiary/aromatic N) is 3. The molecule has 1 rings (SSSR count). The van der Waals surface area contributed by atoms with Crippen molar-refractivity contribution in [1.82, 2.24) is 9.97 Å². The number of nitrogens with one attached hydrogen (secondary N) is 1. The van der Waals surface area contributed by atoms with Crippen LogP contribution in [0.1, 0.15) is 19.0 Å². The molecule has 0 fully saturated rings. The van der Waals surface area contributed by atoms with Gasteiger partial charge in [-0.15, -0.1) is 0 Å². The van der Waals surface area contributed by atoms with Gasteiger partial charge in [-0.3, -0.25) is 10.1 Å². The molecule has 1 aromatic heterocycles. The summed E-state index contributed by atoms with van der Waals surface area (Å²) in [5.41, 5.74) is 0.678. The number of carbonyl (C=O) groups is 1. The van der Waals surface area contributed by atoms with Crippen LogP contribution in [0, 0.1) is 24.2 Å². The minimum atomic E-state index is -0.690. The first-order chi connectivity index (χ1) is 8.10. The van der Waals surface area contributed by atoms with Crippen molar-refractivity contribution in [3.05, 3.63) is 11.8 Å². The molecular weight excluding hydrogens is 220 g/mol. The molecule has 1 heterocycles. The van der Waals surface area contributed by atoms with Crippen LogP contribution in [0.2, 0.25) is 0 Å². The molecule has 6 nitrogen and oxygen atoms in total. The first-order valence-electron chi connectivity index (χ1n) is 5.20. The van der Waals surface area contributed by atoms with Gasteiger partial charge in [0, 0.05) is 11.8 Å². The maximum Gasteiger partial charge on any atom is 0.244 e. The molecule has 0 bridgehead atoms. The van der Waals surface area contributed by atoms with Gasteiger partial charge in [-0.2, -0.15) is 10.2 Å². The Morgan fingerprint density at radius 2 is 2.35 bits per heavy atom. The highest BCUT2D eigenvalue weighted by Gasteiger charge is 2.16. The lowest BCUT2D eigenvalue weighted by molar-refractivity contribution is -0.118. The van der Waals surface area contributed by atoms with Crippen molar-refractivity contribution in [2.75, 3.05) is 12.4 Å². The average molecular weight is 234 g/mol. The number of nitriles is 1. The number of hydrogen-bond donors (Lipinski definition) is 1. The van der Waals surface area contributed by atoms with Gasteiger partial charge in [0.25, 0.3) is 0 Å². The van der Waals surface area contributed by atoms with E-state index in [1.165, 1.54) is 7.11 Å². The second kappa shape index (κ2) is 5.80. The molecule has 1 N–H and O–H groups in total. The van der Waals surface area contributed by atoms with Gasteiger partial charge in [-0.05, 0) is 13.3 Å². The van der Waals surface area contributed by atoms with Crippen molar-refractivity contribution in [3.63, 3.8) is 0 Å². The molecule has 90 valence electrons. The second-order valence-corrected chi connectivity index (χ2v) is 3.45. The number of aryl methyl sites for hydroxylation is 1. The van der Waals surface area contributed by atoms with Gasteiger partial charge in [0.1, 0.15) is 5.92 Å². The lowest BCUT2D eigenvalue weighted by Gasteiger charge is -2.08. The molecule has 0 aliphatic rings. The monoisotopic (exact) mass is 234 g/mol. The number of rotatable bonds is 4. The molecule has 0 saturated heterocycles. The summed E-state index contributed by atoms with van der Waals surface area (Å²) in [6.07, 6.45) is 0.450. The molecule has 0 spiro atoms. The van der Waals surface area contributed by atoms with Crippen LogP contribution < -0.4 is 10.1 Å². The highest BCUT2D eigenvalue weighted by atomic mass is 16.5. The highest BCUT2D eigenvalue weighted by molar-refractivity contribution is 5.92. The quantitative estimate of drug-likeness (QED) is 0.847. The molecule has 1 amide bonds. The molecule has 1 aromatic rings. The summed E-state index contributed by atoms with van der Waals surface area (Å²) < 4.78 is 4.96. The van der Waals surface area contributed by atoms with Crippen LogP contribution >= 0.6 is 0 Å². The average Bonchev–Trinajstić information content (AvgIpc) is 2.29. The number of methoxy groups -OCH3 is 1. The molecule has 17 heavy (non-hydrogen) atoms. The van der Waals surface area contributed by atoms with Crippen LogP contribution in [0.4, 0.5) is 5.95 Å². The van der Waals surface area contributed by atoms with Crippen molar-refractivity contribution in [3.8, 4) is 11.9 Å². The fourth-order valence-corrected chi connectivity index (χ4v) is 1.23. The standard InChI is InChI=1S/C11H14N4O2/c1-4-8(6-12)10(16)15-11-13-7(2)5-9(14-11)17-3/h5,8H,4H2,1-3H3,(H,13,14,15,16). The molecule has 1 unspecified atom stereocenters. The maximum absolute atomic E-state index is 11.6. The number of anilines is 1. The Bertz CT molecular complexity index is 453. The van der Waals surface area contributed by atoms with Gasteiger partial charge in [-0.25, -0.2) is 4.98 Å². The van der Waals surface area contributed by atoms with Gasteiger partial charge < -0.3 is 4.74 Å². The predicted octanol–water partition coefficient (Wildman–Crippen LogP) is 1.28. The summed E-state index contributed by atoms with van der Waals surface area (Å²) in [4.78, 5) is 19.6. The van der Waals surface area contributed by atoms with E-state index in [4.69, 9.17) is 10.00 Å². The Hall–Kier alpha value is -2.16. The van der Waals surface area contributed by atoms with Gasteiger partial charge in [0.15, 0.2) is 0 Å². The van der Waals surface area contributed by atoms with Crippen LogP contribution in [0.25, 0.3) is 0 Å². The number of amides is 1. The molecule has 0 radical (unpaired) electrons. The smallest absolute Gasteiger partial charge is 0.244 e. The summed E-state index contributed by atoms with van der Waals surface area (Å²) in [6, 6.07) is 3.57. The number of aromatic nitrogens is 2. The van der Waals surface area contributed by atoms with E-state index in [2.05, 4.69) is 15.3 Å². The van der Waals surface area contributed by atoms with Crippen LogP contribution in [-0.4, -0.2) is 23.0 Å². The van der Waals surface area contributed by atoms with E-state index in [1.807, 2.05) is 6.07 Å². The van der Waals surface area contributed by atoms with Crippen molar-refractivity contribution in [2.24, 2.45) is 5.92 Å². The third-order valence-corrected chi connectivity index (χ3v) is 2.16. The zero-order valence-electron chi connectivity index (χ0n) is 10.0. The van der Waals surface area contributed by atoms with Crippen molar-refractivity contribution < 1.29 is 9.53 Å². The van der Waals surface area contributed by atoms with E-state index in [9.17, 15) is 4.79 Å².